The average Bonchev–Trinajstić information content (AvgIpc) is 2.61. The van der Waals surface area contributed by atoms with E-state index in [2.05, 4.69) is 42.4 Å². The fourth-order valence-electron chi connectivity index (χ4n) is 3.36. The van der Waals surface area contributed by atoms with Crippen LogP contribution in [0.1, 0.15) is 52.9 Å². The number of guanidine groups is 1. The predicted molar refractivity (Wildman–Crippen MR) is 102 cm³/mol. The first kappa shape index (κ1) is 19.3. The van der Waals surface area contributed by atoms with E-state index < -0.39 is 0 Å². The Balaban J connectivity index is 1.81. The number of nitrogens with one attached hydrogen (secondary N) is 2. The van der Waals surface area contributed by atoms with Gasteiger partial charge >= 0.3 is 0 Å². The summed E-state index contributed by atoms with van der Waals surface area (Å²) in [5.41, 5.74) is 1.68. The topological polar surface area (TPSA) is 48.9 Å². The molecule has 0 spiro atoms. The molecule has 0 atom stereocenters. The second kappa shape index (κ2) is 10.0. The third kappa shape index (κ3) is 6.44. The average molecular weight is 337 g/mol. The van der Waals surface area contributed by atoms with Crippen LogP contribution >= 0.6 is 0 Å². The Hall–Kier alpha value is -1.07. The Morgan fingerprint density at radius 2 is 2.04 bits per heavy atom. The highest BCUT2D eigenvalue weighted by Crippen LogP contribution is 2.19. The van der Waals surface area contributed by atoms with Gasteiger partial charge in [0.1, 0.15) is 0 Å². The van der Waals surface area contributed by atoms with E-state index >= 15 is 0 Å². The summed E-state index contributed by atoms with van der Waals surface area (Å²) in [5.74, 6) is 0.940. The Bertz CT molecular complexity index is 425. The molecule has 1 aliphatic heterocycles. The highest BCUT2D eigenvalue weighted by atomic mass is 16.5. The Morgan fingerprint density at radius 1 is 1.25 bits per heavy atom. The van der Waals surface area contributed by atoms with Gasteiger partial charge in [0, 0.05) is 31.7 Å². The van der Waals surface area contributed by atoms with Crippen LogP contribution in [-0.4, -0.2) is 62.3 Å². The number of morpholine rings is 1. The van der Waals surface area contributed by atoms with Crippen LogP contribution in [-0.2, 0) is 4.74 Å². The lowest BCUT2D eigenvalue weighted by Crippen LogP contribution is -2.52. The van der Waals surface area contributed by atoms with Gasteiger partial charge in [0.05, 0.1) is 19.8 Å². The highest BCUT2D eigenvalue weighted by Gasteiger charge is 2.28. The number of ether oxygens (including phenoxy) is 1. The fourth-order valence-corrected chi connectivity index (χ4v) is 3.36. The van der Waals surface area contributed by atoms with Gasteiger partial charge in [0.15, 0.2) is 5.96 Å². The van der Waals surface area contributed by atoms with Crippen molar-refractivity contribution in [1.29, 1.82) is 0 Å². The molecule has 0 radical (unpaired) electrons. The minimum absolute atomic E-state index is 0.0675. The smallest absolute Gasteiger partial charge is 0.191 e. The second-order valence-corrected chi connectivity index (χ2v) is 7.39. The molecule has 5 nitrogen and oxygen atoms in total. The Labute approximate surface area is 147 Å². The molecule has 0 amide bonds. The normalized spacial score (nSPS) is 20.6. The number of allylic oxidation sites excluding steroid dienone is 1. The van der Waals surface area contributed by atoms with E-state index in [1.165, 1.54) is 25.7 Å². The van der Waals surface area contributed by atoms with Gasteiger partial charge in [-0.1, -0.05) is 11.6 Å². The van der Waals surface area contributed by atoms with E-state index in [1.54, 1.807) is 5.57 Å². The Morgan fingerprint density at radius 3 is 2.71 bits per heavy atom. The number of aliphatic imine (C=N–C) groups is 1. The number of hydrogen-bond acceptors (Lipinski definition) is 3. The van der Waals surface area contributed by atoms with Crippen LogP contribution in [0.25, 0.3) is 0 Å². The van der Waals surface area contributed by atoms with Gasteiger partial charge in [-0.15, -0.1) is 0 Å². The number of hydrogen-bond donors (Lipinski definition) is 2. The van der Waals surface area contributed by atoms with E-state index in [4.69, 9.17) is 9.73 Å². The lowest BCUT2D eigenvalue weighted by Gasteiger charge is -2.39. The van der Waals surface area contributed by atoms with Gasteiger partial charge < -0.3 is 15.4 Å². The summed E-state index contributed by atoms with van der Waals surface area (Å²) in [5, 5.41) is 6.87. The first-order valence-electron chi connectivity index (χ1n) is 9.65. The molecule has 1 aliphatic carbocycles. The maximum absolute atomic E-state index is 5.46. The van der Waals surface area contributed by atoms with E-state index in [0.717, 1.165) is 58.3 Å². The van der Waals surface area contributed by atoms with Crippen LogP contribution in [0, 0.1) is 0 Å². The van der Waals surface area contributed by atoms with Crippen LogP contribution in [0.15, 0.2) is 16.6 Å². The van der Waals surface area contributed by atoms with Crippen LogP contribution < -0.4 is 10.6 Å². The van der Waals surface area contributed by atoms with Gasteiger partial charge in [-0.25, -0.2) is 0 Å². The van der Waals surface area contributed by atoms with Crippen molar-refractivity contribution >= 4 is 5.96 Å². The summed E-state index contributed by atoms with van der Waals surface area (Å²) < 4.78 is 5.46. The quantitative estimate of drug-likeness (QED) is 0.426. The van der Waals surface area contributed by atoms with Crippen molar-refractivity contribution in [1.82, 2.24) is 15.5 Å². The van der Waals surface area contributed by atoms with E-state index in [1.807, 2.05) is 0 Å². The summed E-state index contributed by atoms with van der Waals surface area (Å²) in [4.78, 5) is 7.32. The zero-order valence-corrected chi connectivity index (χ0v) is 15.9. The van der Waals surface area contributed by atoms with E-state index in [-0.39, 0.29) is 5.54 Å². The summed E-state index contributed by atoms with van der Waals surface area (Å²) >= 11 is 0. The van der Waals surface area contributed by atoms with Gasteiger partial charge in [-0.3, -0.25) is 9.89 Å². The molecule has 0 unspecified atom stereocenters. The SMILES string of the molecule is CCNC(=NCC(C)(C)N1CCOCC1)NCCC1=CCCCC1. The first-order chi connectivity index (χ1) is 11.6. The zero-order valence-electron chi connectivity index (χ0n) is 15.9. The molecule has 1 heterocycles. The van der Waals surface area contributed by atoms with Gasteiger partial charge in [0.2, 0.25) is 0 Å². The van der Waals surface area contributed by atoms with Crippen LogP contribution in [0.3, 0.4) is 0 Å². The highest BCUT2D eigenvalue weighted by molar-refractivity contribution is 5.79. The lowest BCUT2D eigenvalue weighted by molar-refractivity contribution is -0.00683. The summed E-state index contributed by atoms with van der Waals surface area (Å²) in [6.07, 6.45) is 8.82. The van der Waals surface area contributed by atoms with E-state index in [0.29, 0.717) is 0 Å². The summed E-state index contributed by atoms with van der Waals surface area (Å²) in [6.45, 7) is 13.0. The molecule has 5 heteroatoms. The van der Waals surface area contributed by atoms with Crippen LogP contribution in [0.5, 0.6) is 0 Å². The van der Waals surface area contributed by atoms with E-state index in [9.17, 15) is 0 Å². The fraction of sp³-hybridized carbons (Fsp3) is 0.842. The van der Waals surface area contributed by atoms with Gasteiger partial charge in [-0.2, -0.15) is 0 Å². The van der Waals surface area contributed by atoms with Gasteiger partial charge in [0.25, 0.3) is 0 Å². The molecular formula is C19H36N4O. The molecule has 1 fully saturated rings. The maximum atomic E-state index is 5.46. The minimum Gasteiger partial charge on any atom is -0.379 e. The molecule has 24 heavy (non-hydrogen) atoms. The first-order valence-corrected chi connectivity index (χ1v) is 9.65. The monoisotopic (exact) mass is 336 g/mol. The number of nitrogens with zero attached hydrogens (tertiary/aromatic N) is 2. The predicted octanol–water partition coefficient (Wildman–Crippen LogP) is 2.54. The van der Waals surface area contributed by atoms with Crippen molar-refractivity contribution in [3.05, 3.63) is 11.6 Å². The molecule has 2 N–H and O–H groups in total. The summed E-state index contributed by atoms with van der Waals surface area (Å²) in [7, 11) is 0. The molecule has 0 bridgehead atoms. The lowest BCUT2D eigenvalue weighted by atomic mass is 9.97. The van der Waals surface area contributed by atoms with Crippen molar-refractivity contribution in [3.8, 4) is 0 Å². The Kier molecular flexibility index (Phi) is 8.06. The third-order valence-electron chi connectivity index (χ3n) is 4.96. The largest absolute Gasteiger partial charge is 0.379 e. The van der Waals surface area contributed by atoms with Gasteiger partial charge in [-0.05, 0) is 52.9 Å². The molecule has 2 aliphatic rings. The van der Waals surface area contributed by atoms with Crippen molar-refractivity contribution in [3.63, 3.8) is 0 Å². The molecule has 0 saturated carbocycles. The van der Waals surface area contributed by atoms with Crippen LogP contribution in [0.4, 0.5) is 0 Å². The van der Waals surface area contributed by atoms with Crippen molar-refractivity contribution < 1.29 is 4.74 Å². The maximum Gasteiger partial charge on any atom is 0.191 e. The molecule has 2 rings (SSSR count). The number of rotatable bonds is 7. The van der Waals surface area contributed by atoms with Crippen LogP contribution in [0.2, 0.25) is 0 Å². The molecule has 138 valence electrons. The van der Waals surface area contributed by atoms with Crippen molar-refractivity contribution in [2.24, 2.45) is 4.99 Å². The van der Waals surface area contributed by atoms with Crippen molar-refractivity contribution in [2.45, 2.75) is 58.4 Å². The standard InChI is InChI=1S/C19H36N4O/c1-4-20-18(21-11-10-17-8-6-5-7-9-17)22-16-19(2,3)23-12-14-24-15-13-23/h8H,4-7,9-16H2,1-3H3,(H2,20,21,22). The summed E-state index contributed by atoms with van der Waals surface area (Å²) in [6, 6.07) is 0. The molecule has 0 aromatic heterocycles. The molecule has 0 aromatic carbocycles. The zero-order chi connectivity index (χ0) is 17.3. The minimum atomic E-state index is 0.0675. The second-order valence-electron chi connectivity index (χ2n) is 7.39. The van der Waals surface area contributed by atoms with Crippen molar-refractivity contribution in [2.75, 3.05) is 45.9 Å². The molecular weight excluding hydrogens is 300 g/mol. The third-order valence-corrected chi connectivity index (χ3v) is 4.96. The molecule has 0 aromatic rings. The molecule has 1 saturated heterocycles.